The highest BCUT2D eigenvalue weighted by Crippen LogP contribution is 2.61. The molecule has 0 spiro atoms. The average molecular weight is 567 g/mol. The molecule has 8 nitrogen and oxygen atoms in total. The summed E-state index contributed by atoms with van der Waals surface area (Å²) in [5.74, 6) is -1.28. The second-order valence-electron chi connectivity index (χ2n) is 9.21. The van der Waals surface area contributed by atoms with Crippen molar-refractivity contribution in [2.24, 2.45) is 0 Å². The molecule has 0 heterocycles. The summed E-state index contributed by atoms with van der Waals surface area (Å²) in [5, 5.41) is 7.32. The molecule has 0 amide bonds. The molecular formula is C28H44N2O6P2. The van der Waals surface area contributed by atoms with Gasteiger partial charge >= 0.3 is 15.2 Å². The predicted molar refractivity (Wildman–Crippen MR) is 152 cm³/mol. The number of rotatable bonds is 16. The van der Waals surface area contributed by atoms with Crippen LogP contribution in [0.15, 0.2) is 60.7 Å². The Labute approximate surface area is 228 Å². The highest BCUT2D eigenvalue weighted by molar-refractivity contribution is 7.54. The predicted octanol–water partition coefficient (Wildman–Crippen LogP) is 7.41. The van der Waals surface area contributed by atoms with Crippen LogP contribution in [-0.4, -0.2) is 38.5 Å². The summed E-state index contributed by atoms with van der Waals surface area (Å²) in [6.07, 6.45) is 3.76. The van der Waals surface area contributed by atoms with Gasteiger partial charge in [-0.3, -0.25) is 19.8 Å². The standard InChI is InChI=1S/C28H44N2O6P2/c1-5-33-37(31,34-6-2)27(23-17-11-9-12-18-23)29-25-21-15-16-22-26(25)30-28(24-19-13-10-14-20-24)38(32,35-7-3)36-8-4/h9-14,17-20,25-30H,5-8,15-16,21-22H2,1-4H3/t25-,26-,27+,28+/m1/s1. The molecule has 1 fully saturated rings. The van der Waals surface area contributed by atoms with Gasteiger partial charge in [0.05, 0.1) is 26.4 Å². The summed E-state index contributed by atoms with van der Waals surface area (Å²) >= 11 is 0. The summed E-state index contributed by atoms with van der Waals surface area (Å²) in [6.45, 7) is 8.38. The van der Waals surface area contributed by atoms with Crippen LogP contribution in [0.1, 0.15) is 76.1 Å². The molecule has 3 rings (SSSR count). The van der Waals surface area contributed by atoms with Crippen LogP contribution in [0.5, 0.6) is 0 Å². The topological polar surface area (TPSA) is 95.1 Å². The third-order valence-electron chi connectivity index (χ3n) is 6.61. The van der Waals surface area contributed by atoms with E-state index in [-0.39, 0.29) is 38.5 Å². The zero-order valence-electron chi connectivity index (χ0n) is 23.1. The Hall–Kier alpha value is -1.34. The van der Waals surface area contributed by atoms with Crippen LogP contribution in [0.25, 0.3) is 0 Å². The van der Waals surface area contributed by atoms with Gasteiger partial charge in [-0.25, -0.2) is 0 Å². The van der Waals surface area contributed by atoms with Crippen LogP contribution in [0.3, 0.4) is 0 Å². The van der Waals surface area contributed by atoms with Gasteiger partial charge in [0, 0.05) is 12.1 Å². The smallest absolute Gasteiger partial charge is 0.308 e. The monoisotopic (exact) mass is 566 g/mol. The molecular weight excluding hydrogens is 522 g/mol. The molecule has 0 unspecified atom stereocenters. The van der Waals surface area contributed by atoms with Crippen molar-refractivity contribution in [3.63, 3.8) is 0 Å². The molecule has 1 aliphatic rings. The lowest BCUT2D eigenvalue weighted by Gasteiger charge is -2.40. The average Bonchev–Trinajstić information content (AvgIpc) is 2.92. The van der Waals surface area contributed by atoms with E-state index < -0.39 is 26.8 Å². The van der Waals surface area contributed by atoms with Gasteiger partial charge in [-0.2, -0.15) is 0 Å². The summed E-state index contributed by atoms with van der Waals surface area (Å²) in [4.78, 5) is 0. The lowest BCUT2D eigenvalue weighted by molar-refractivity contribution is 0.186. The summed E-state index contributed by atoms with van der Waals surface area (Å²) in [5.41, 5.74) is 1.69. The van der Waals surface area contributed by atoms with Gasteiger partial charge in [0.2, 0.25) is 0 Å². The van der Waals surface area contributed by atoms with E-state index in [1.165, 1.54) is 0 Å². The summed E-state index contributed by atoms with van der Waals surface area (Å²) in [6, 6.07) is 19.2. The van der Waals surface area contributed by atoms with Crippen molar-refractivity contribution in [2.75, 3.05) is 26.4 Å². The molecule has 4 atom stereocenters. The molecule has 0 aliphatic heterocycles. The third kappa shape index (κ3) is 8.09. The highest BCUT2D eigenvalue weighted by atomic mass is 31.2. The van der Waals surface area contributed by atoms with Crippen LogP contribution in [0.2, 0.25) is 0 Å². The number of nitrogens with one attached hydrogen (secondary N) is 2. The van der Waals surface area contributed by atoms with E-state index in [9.17, 15) is 9.13 Å². The van der Waals surface area contributed by atoms with Gasteiger partial charge in [-0.1, -0.05) is 73.5 Å². The number of benzene rings is 2. The quantitative estimate of drug-likeness (QED) is 0.203. The molecule has 2 N–H and O–H groups in total. The molecule has 1 aliphatic carbocycles. The van der Waals surface area contributed by atoms with Gasteiger partial charge in [-0.15, -0.1) is 0 Å². The van der Waals surface area contributed by atoms with Gasteiger partial charge in [0.25, 0.3) is 0 Å². The van der Waals surface area contributed by atoms with E-state index in [0.717, 1.165) is 36.8 Å². The van der Waals surface area contributed by atoms with Crippen molar-refractivity contribution < 1.29 is 27.2 Å². The minimum Gasteiger partial charge on any atom is -0.308 e. The van der Waals surface area contributed by atoms with E-state index >= 15 is 0 Å². The molecule has 0 aromatic heterocycles. The lowest BCUT2D eigenvalue weighted by Crippen LogP contribution is -2.51. The Balaban J connectivity index is 1.96. The van der Waals surface area contributed by atoms with Crippen LogP contribution < -0.4 is 10.6 Å². The fraction of sp³-hybridized carbons (Fsp3) is 0.571. The summed E-state index contributed by atoms with van der Waals surface area (Å²) in [7, 11) is -7.07. The van der Waals surface area contributed by atoms with Crippen LogP contribution >= 0.6 is 15.2 Å². The fourth-order valence-corrected chi connectivity index (χ4v) is 9.05. The van der Waals surface area contributed by atoms with Crippen LogP contribution in [0.4, 0.5) is 0 Å². The van der Waals surface area contributed by atoms with E-state index in [1.807, 2.05) is 88.4 Å². The van der Waals surface area contributed by atoms with Crippen molar-refractivity contribution in [3.8, 4) is 0 Å². The van der Waals surface area contributed by atoms with Gasteiger partial charge in [0.1, 0.15) is 11.6 Å². The minimum atomic E-state index is -3.53. The zero-order chi connectivity index (χ0) is 27.4. The number of hydrogen-bond acceptors (Lipinski definition) is 8. The van der Waals surface area contributed by atoms with Crippen molar-refractivity contribution in [1.29, 1.82) is 0 Å². The van der Waals surface area contributed by atoms with Crippen molar-refractivity contribution in [3.05, 3.63) is 71.8 Å². The van der Waals surface area contributed by atoms with Gasteiger partial charge in [0.15, 0.2) is 0 Å². The van der Waals surface area contributed by atoms with Crippen molar-refractivity contribution >= 4 is 15.2 Å². The molecule has 38 heavy (non-hydrogen) atoms. The second kappa shape index (κ2) is 15.4. The van der Waals surface area contributed by atoms with Gasteiger partial charge < -0.3 is 18.1 Å². The van der Waals surface area contributed by atoms with Crippen LogP contribution in [-0.2, 0) is 27.2 Å². The molecule has 212 valence electrons. The molecule has 2 aromatic rings. The van der Waals surface area contributed by atoms with E-state index in [0.29, 0.717) is 0 Å². The van der Waals surface area contributed by atoms with Crippen molar-refractivity contribution in [1.82, 2.24) is 10.6 Å². The Kier molecular flexibility index (Phi) is 12.7. The Bertz CT molecular complexity index is 939. The fourth-order valence-electron chi connectivity index (χ4n) is 5.04. The number of hydrogen-bond donors (Lipinski definition) is 2. The summed E-state index contributed by atoms with van der Waals surface area (Å²) < 4.78 is 51.3. The Morgan fingerprint density at radius 3 is 1.24 bits per heavy atom. The first-order valence-electron chi connectivity index (χ1n) is 13.8. The largest absolute Gasteiger partial charge is 0.351 e. The third-order valence-corrected chi connectivity index (χ3v) is 11.2. The molecule has 2 aromatic carbocycles. The Morgan fingerprint density at radius 2 is 0.947 bits per heavy atom. The van der Waals surface area contributed by atoms with Crippen LogP contribution in [0, 0.1) is 0 Å². The zero-order valence-corrected chi connectivity index (χ0v) is 24.9. The maximum Gasteiger partial charge on any atom is 0.351 e. The highest BCUT2D eigenvalue weighted by Gasteiger charge is 2.43. The normalized spacial score (nSPS) is 20.2. The van der Waals surface area contributed by atoms with E-state index in [4.69, 9.17) is 18.1 Å². The molecule has 1 saturated carbocycles. The minimum absolute atomic E-state index is 0.0777. The first-order chi connectivity index (χ1) is 18.4. The van der Waals surface area contributed by atoms with E-state index in [2.05, 4.69) is 10.6 Å². The SMILES string of the molecule is CCOP(=O)(OCC)[C@H](N[C@@H]1CCCC[C@H]1N[C@H](c1ccccc1)P(=O)(OCC)OCC)c1ccccc1. The Morgan fingerprint density at radius 1 is 0.632 bits per heavy atom. The lowest BCUT2D eigenvalue weighted by atomic mass is 9.90. The second-order valence-corrected chi connectivity index (χ2v) is 13.4. The van der Waals surface area contributed by atoms with Gasteiger partial charge in [-0.05, 0) is 51.7 Å². The van der Waals surface area contributed by atoms with E-state index in [1.54, 1.807) is 0 Å². The first kappa shape index (κ1) is 31.2. The maximum atomic E-state index is 14.1. The van der Waals surface area contributed by atoms with Crippen molar-refractivity contribution in [2.45, 2.75) is 77.0 Å². The molecule has 0 bridgehead atoms. The molecule has 10 heteroatoms. The molecule has 0 saturated heterocycles. The first-order valence-corrected chi connectivity index (χ1v) is 17.0. The molecule has 0 radical (unpaired) electrons. The maximum absolute atomic E-state index is 14.1.